The number of rotatable bonds is 3. The van der Waals surface area contributed by atoms with Crippen LogP contribution in [-0.4, -0.2) is 46.3 Å². The van der Waals surface area contributed by atoms with Crippen LogP contribution in [0.25, 0.3) is 0 Å². The van der Waals surface area contributed by atoms with Gasteiger partial charge in [0.05, 0.1) is 0 Å². The molecule has 1 aromatic rings. The summed E-state index contributed by atoms with van der Waals surface area (Å²) in [7, 11) is 0. The van der Waals surface area contributed by atoms with Crippen LogP contribution in [0, 0.1) is 0 Å². The predicted octanol–water partition coefficient (Wildman–Crippen LogP) is 1.55. The monoisotopic (exact) mass is 268 g/mol. The zero-order chi connectivity index (χ0) is 13.0. The highest BCUT2D eigenvalue weighted by Gasteiger charge is 2.20. The SMILES string of the molecule is CCC(=O)N1CCCN(c2nc(CC)ns2)CC1. The predicted molar refractivity (Wildman–Crippen MR) is 73.0 cm³/mol. The Bertz CT molecular complexity index is 407. The molecule has 6 heteroatoms. The van der Waals surface area contributed by atoms with E-state index in [1.807, 2.05) is 11.8 Å². The van der Waals surface area contributed by atoms with Gasteiger partial charge < -0.3 is 9.80 Å². The first-order valence-electron chi connectivity index (χ1n) is 6.60. The largest absolute Gasteiger partial charge is 0.345 e. The van der Waals surface area contributed by atoms with Gasteiger partial charge >= 0.3 is 0 Å². The summed E-state index contributed by atoms with van der Waals surface area (Å²) in [6.45, 7) is 7.48. The Balaban J connectivity index is 1.98. The van der Waals surface area contributed by atoms with Crippen molar-refractivity contribution >= 4 is 22.6 Å². The highest BCUT2D eigenvalue weighted by atomic mass is 32.1. The molecule has 1 aromatic heterocycles. The lowest BCUT2D eigenvalue weighted by Crippen LogP contribution is -2.34. The van der Waals surface area contributed by atoms with Crippen LogP contribution < -0.4 is 4.90 Å². The van der Waals surface area contributed by atoms with Gasteiger partial charge in [-0.1, -0.05) is 13.8 Å². The summed E-state index contributed by atoms with van der Waals surface area (Å²) < 4.78 is 4.32. The molecule has 0 unspecified atom stereocenters. The Morgan fingerprint density at radius 2 is 2.11 bits per heavy atom. The van der Waals surface area contributed by atoms with Crippen molar-refractivity contribution in [3.05, 3.63) is 5.82 Å². The van der Waals surface area contributed by atoms with Crippen LogP contribution in [0.4, 0.5) is 5.13 Å². The molecule has 1 fully saturated rings. The van der Waals surface area contributed by atoms with E-state index in [1.165, 1.54) is 11.5 Å². The molecule has 2 heterocycles. The Labute approximate surface area is 112 Å². The van der Waals surface area contributed by atoms with E-state index in [2.05, 4.69) is 21.2 Å². The second kappa shape index (κ2) is 6.13. The first kappa shape index (κ1) is 13.3. The zero-order valence-corrected chi connectivity index (χ0v) is 11.9. The topological polar surface area (TPSA) is 49.3 Å². The van der Waals surface area contributed by atoms with Gasteiger partial charge in [0.15, 0.2) is 0 Å². The molecule has 1 aliphatic rings. The van der Waals surface area contributed by atoms with Crippen molar-refractivity contribution in [2.24, 2.45) is 0 Å². The molecule has 18 heavy (non-hydrogen) atoms. The number of aryl methyl sites for hydroxylation is 1. The third kappa shape index (κ3) is 2.98. The maximum atomic E-state index is 11.7. The van der Waals surface area contributed by atoms with E-state index < -0.39 is 0 Å². The van der Waals surface area contributed by atoms with Crippen molar-refractivity contribution in [3.63, 3.8) is 0 Å². The lowest BCUT2D eigenvalue weighted by atomic mass is 10.3. The standard InChI is InChI=1S/C12H20N4OS/c1-3-10-13-12(18-14-10)16-7-5-6-15(8-9-16)11(17)4-2/h3-9H2,1-2H3. The maximum absolute atomic E-state index is 11.7. The Morgan fingerprint density at radius 1 is 1.28 bits per heavy atom. The number of anilines is 1. The highest BCUT2D eigenvalue weighted by Crippen LogP contribution is 2.19. The van der Waals surface area contributed by atoms with Gasteiger partial charge in [0.25, 0.3) is 0 Å². The van der Waals surface area contributed by atoms with Crippen molar-refractivity contribution in [3.8, 4) is 0 Å². The van der Waals surface area contributed by atoms with Crippen LogP contribution >= 0.6 is 11.5 Å². The highest BCUT2D eigenvalue weighted by molar-refractivity contribution is 7.09. The van der Waals surface area contributed by atoms with Crippen LogP contribution in [0.5, 0.6) is 0 Å². The average molecular weight is 268 g/mol. The van der Waals surface area contributed by atoms with Gasteiger partial charge in [0.2, 0.25) is 11.0 Å². The molecule has 0 spiro atoms. The van der Waals surface area contributed by atoms with Gasteiger partial charge in [-0.05, 0) is 6.42 Å². The second-order valence-electron chi connectivity index (χ2n) is 4.42. The van der Waals surface area contributed by atoms with Crippen LogP contribution in [0.15, 0.2) is 0 Å². The van der Waals surface area contributed by atoms with Crippen molar-refractivity contribution in [1.82, 2.24) is 14.3 Å². The second-order valence-corrected chi connectivity index (χ2v) is 5.15. The normalized spacial score (nSPS) is 16.8. The molecule has 0 aliphatic carbocycles. The van der Waals surface area contributed by atoms with E-state index in [1.54, 1.807) is 0 Å². The Morgan fingerprint density at radius 3 is 2.78 bits per heavy atom. The first-order valence-corrected chi connectivity index (χ1v) is 7.37. The number of carbonyl (C=O) groups is 1. The van der Waals surface area contributed by atoms with Gasteiger partial charge in [-0.15, -0.1) is 0 Å². The molecule has 0 bridgehead atoms. The van der Waals surface area contributed by atoms with Crippen molar-refractivity contribution in [2.75, 3.05) is 31.1 Å². The molecule has 0 aromatic carbocycles. The summed E-state index contributed by atoms with van der Waals surface area (Å²) >= 11 is 1.47. The van der Waals surface area contributed by atoms with Crippen molar-refractivity contribution in [2.45, 2.75) is 33.1 Å². The number of carbonyl (C=O) groups excluding carboxylic acids is 1. The van der Waals surface area contributed by atoms with Crippen molar-refractivity contribution < 1.29 is 4.79 Å². The molecule has 5 nitrogen and oxygen atoms in total. The summed E-state index contributed by atoms with van der Waals surface area (Å²) in [5.41, 5.74) is 0. The van der Waals surface area contributed by atoms with E-state index in [9.17, 15) is 4.79 Å². The van der Waals surface area contributed by atoms with Gasteiger partial charge in [-0.3, -0.25) is 4.79 Å². The van der Waals surface area contributed by atoms with Gasteiger partial charge in [-0.2, -0.15) is 4.37 Å². The molecular weight excluding hydrogens is 248 g/mol. The number of hydrogen-bond acceptors (Lipinski definition) is 5. The number of hydrogen-bond donors (Lipinski definition) is 0. The average Bonchev–Trinajstić information content (AvgIpc) is 2.75. The maximum Gasteiger partial charge on any atom is 0.222 e. The van der Waals surface area contributed by atoms with E-state index in [-0.39, 0.29) is 5.91 Å². The van der Waals surface area contributed by atoms with E-state index >= 15 is 0 Å². The minimum Gasteiger partial charge on any atom is -0.345 e. The smallest absolute Gasteiger partial charge is 0.222 e. The molecule has 1 aliphatic heterocycles. The Kier molecular flexibility index (Phi) is 4.52. The van der Waals surface area contributed by atoms with Gasteiger partial charge in [-0.25, -0.2) is 4.98 Å². The first-order chi connectivity index (χ1) is 8.74. The van der Waals surface area contributed by atoms with Crippen LogP contribution in [0.3, 0.4) is 0 Å². The third-order valence-electron chi connectivity index (χ3n) is 3.20. The zero-order valence-electron chi connectivity index (χ0n) is 11.1. The molecule has 1 amide bonds. The quantitative estimate of drug-likeness (QED) is 0.834. The van der Waals surface area contributed by atoms with E-state index in [0.29, 0.717) is 6.42 Å². The molecule has 100 valence electrons. The molecule has 1 saturated heterocycles. The summed E-state index contributed by atoms with van der Waals surface area (Å²) in [6.07, 6.45) is 2.48. The molecule has 0 atom stereocenters. The summed E-state index contributed by atoms with van der Waals surface area (Å²) in [6, 6.07) is 0. The molecular formula is C12H20N4OS. The molecule has 0 saturated carbocycles. The van der Waals surface area contributed by atoms with Gasteiger partial charge in [0.1, 0.15) is 5.82 Å². The number of aromatic nitrogens is 2. The number of amides is 1. The minimum absolute atomic E-state index is 0.253. The fourth-order valence-corrected chi connectivity index (χ4v) is 2.90. The summed E-state index contributed by atoms with van der Waals surface area (Å²) in [4.78, 5) is 20.4. The molecule has 0 radical (unpaired) electrons. The fraction of sp³-hybridized carbons (Fsp3) is 0.750. The third-order valence-corrected chi connectivity index (χ3v) is 4.01. The van der Waals surface area contributed by atoms with Crippen LogP contribution in [0.1, 0.15) is 32.5 Å². The Hall–Kier alpha value is -1.17. The minimum atomic E-state index is 0.253. The summed E-state index contributed by atoms with van der Waals surface area (Å²) in [5, 5.41) is 0.998. The van der Waals surface area contributed by atoms with E-state index in [0.717, 1.165) is 50.0 Å². The summed E-state index contributed by atoms with van der Waals surface area (Å²) in [5.74, 6) is 1.17. The number of nitrogens with zero attached hydrogens (tertiary/aromatic N) is 4. The lowest BCUT2D eigenvalue weighted by Gasteiger charge is -2.20. The van der Waals surface area contributed by atoms with Crippen LogP contribution in [-0.2, 0) is 11.2 Å². The van der Waals surface area contributed by atoms with E-state index in [4.69, 9.17) is 0 Å². The van der Waals surface area contributed by atoms with Crippen LogP contribution in [0.2, 0.25) is 0 Å². The fourth-order valence-electron chi connectivity index (χ4n) is 2.10. The van der Waals surface area contributed by atoms with Crippen molar-refractivity contribution in [1.29, 1.82) is 0 Å². The van der Waals surface area contributed by atoms with Gasteiger partial charge in [0, 0.05) is 50.6 Å². The lowest BCUT2D eigenvalue weighted by molar-refractivity contribution is -0.130. The molecule has 2 rings (SSSR count). The molecule has 0 N–H and O–H groups in total.